The highest BCUT2D eigenvalue weighted by Crippen LogP contribution is 2.55. The summed E-state index contributed by atoms with van der Waals surface area (Å²) in [6.07, 6.45) is 2.40. The van der Waals surface area contributed by atoms with Crippen LogP contribution in [-0.4, -0.2) is 18.0 Å². The van der Waals surface area contributed by atoms with Crippen molar-refractivity contribution in [3.63, 3.8) is 0 Å². The Morgan fingerprint density at radius 3 is 2.70 bits per heavy atom. The van der Waals surface area contributed by atoms with Crippen LogP contribution in [0.1, 0.15) is 65.9 Å². The summed E-state index contributed by atoms with van der Waals surface area (Å²) in [7, 11) is 0. The van der Waals surface area contributed by atoms with Crippen molar-refractivity contribution in [2.45, 2.75) is 56.5 Å². The highest BCUT2D eigenvalue weighted by Gasteiger charge is 2.42. The van der Waals surface area contributed by atoms with Crippen LogP contribution in [0.25, 0.3) is 11.0 Å². The molecule has 0 spiro atoms. The largest absolute Gasteiger partial charge is 0.491 e. The lowest BCUT2D eigenvalue weighted by Crippen LogP contribution is -2.35. The average Bonchev–Trinajstić information content (AvgIpc) is 2.56. The van der Waals surface area contributed by atoms with Gasteiger partial charge in [0, 0.05) is 16.4 Å². The van der Waals surface area contributed by atoms with E-state index < -0.39 is 5.63 Å². The second kappa shape index (κ2) is 6.50. The van der Waals surface area contributed by atoms with Crippen LogP contribution >= 0.6 is 22.6 Å². The highest BCUT2D eigenvalue weighted by atomic mass is 127. The number of halogens is 1. The van der Waals surface area contributed by atoms with Gasteiger partial charge in [-0.3, -0.25) is 4.79 Å². The molecule has 3 heterocycles. The molecule has 2 atom stereocenters. The fraction of sp³-hybridized carbons (Fsp3) is 0.524. The molecular formula is C21H23IO5. The summed E-state index contributed by atoms with van der Waals surface area (Å²) < 4.78 is 18.2. The molecule has 2 aromatic rings. The molecular weight excluding hydrogens is 459 g/mol. The minimum absolute atomic E-state index is 0.0331. The normalized spacial score (nSPS) is 23.4. The van der Waals surface area contributed by atoms with E-state index in [0.717, 1.165) is 29.4 Å². The van der Waals surface area contributed by atoms with Crippen molar-refractivity contribution in [1.29, 1.82) is 0 Å². The quantitative estimate of drug-likeness (QED) is 0.343. The van der Waals surface area contributed by atoms with Gasteiger partial charge in [-0.05, 0) is 25.8 Å². The van der Waals surface area contributed by atoms with Crippen molar-refractivity contribution >= 4 is 39.3 Å². The third kappa shape index (κ3) is 2.96. The summed E-state index contributed by atoms with van der Waals surface area (Å²) in [6, 6.07) is 1.53. The molecule has 27 heavy (non-hydrogen) atoms. The van der Waals surface area contributed by atoms with E-state index in [4.69, 9.17) is 13.9 Å². The Kier molecular flexibility index (Phi) is 4.52. The van der Waals surface area contributed by atoms with E-state index in [2.05, 4.69) is 43.4 Å². The standard InChI is InChI=1S/C21H23IO5/c1-5-6-11-7-13(23)26-19-14(11)20-15(12(22)8-21(3,4)27-20)18-16(19)17(24)10(2)9-25-18/h7,10,12H,5-6,8-9H2,1-4H3. The van der Waals surface area contributed by atoms with E-state index in [1.165, 1.54) is 6.07 Å². The van der Waals surface area contributed by atoms with Gasteiger partial charge in [-0.2, -0.15) is 0 Å². The summed E-state index contributed by atoms with van der Waals surface area (Å²) >= 11 is 2.40. The Morgan fingerprint density at radius 2 is 2.00 bits per heavy atom. The number of Topliss-reactive ketones (excluding diaryl/α,β-unsaturated/α-hetero) is 1. The van der Waals surface area contributed by atoms with Crippen molar-refractivity contribution in [2.75, 3.05) is 6.61 Å². The van der Waals surface area contributed by atoms with E-state index in [0.29, 0.717) is 35.7 Å². The van der Waals surface area contributed by atoms with E-state index >= 15 is 0 Å². The summed E-state index contributed by atoms with van der Waals surface area (Å²) in [6.45, 7) is 8.34. The zero-order valence-electron chi connectivity index (χ0n) is 16.0. The number of carbonyl (C=O) groups is 1. The van der Waals surface area contributed by atoms with Crippen molar-refractivity contribution < 1.29 is 18.7 Å². The lowest BCUT2D eigenvalue weighted by atomic mass is 9.85. The van der Waals surface area contributed by atoms with Crippen LogP contribution in [0, 0.1) is 5.92 Å². The number of aryl methyl sites for hydroxylation is 1. The zero-order chi connectivity index (χ0) is 19.5. The molecule has 2 aliphatic rings. The number of fused-ring (bicyclic) bond motifs is 6. The molecule has 0 bridgehead atoms. The van der Waals surface area contributed by atoms with Gasteiger partial charge in [-0.1, -0.05) is 42.9 Å². The van der Waals surface area contributed by atoms with E-state index in [1.807, 2.05) is 6.92 Å². The van der Waals surface area contributed by atoms with Crippen LogP contribution in [-0.2, 0) is 6.42 Å². The molecule has 2 unspecified atom stereocenters. The first-order valence-corrected chi connectivity index (χ1v) is 10.6. The predicted molar refractivity (Wildman–Crippen MR) is 112 cm³/mol. The fourth-order valence-electron chi connectivity index (χ4n) is 4.05. The molecule has 4 rings (SSSR count). The number of hydrogen-bond acceptors (Lipinski definition) is 5. The Morgan fingerprint density at radius 1 is 1.26 bits per heavy atom. The second-order valence-electron chi connectivity index (χ2n) is 8.10. The molecule has 0 radical (unpaired) electrons. The number of carbonyl (C=O) groups excluding carboxylic acids is 1. The number of hydrogen-bond donors (Lipinski definition) is 0. The molecule has 0 saturated heterocycles. The van der Waals surface area contributed by atoms with Gasteiger partial charge < -0.3 is 13.9 Å². The number of ketones is 1. The first kappa shape index (κ1) is 18.8. The number of benzene rings is 1. The van der Waals surface area contributed by atoms with Crippen LogP contribution in [0.5, 0.6) is 11.5 Å². The SMILES string of the molecule is CCCc1cc(=O)oc2c3c(c4c(c12)OC(C)(C)CC4I)OCC(C)C3=O. The predicted octanol–water partition coefficient (Wildman–Crippen LogP) is 4.99. The smallest absolute Gasteiger partial charge is 0.336 e. The van der Waals surface area contributed by atoms with E-state index in [9.17, 15) is 9.59 Å². The molecule has 2 aliphatic heterocycles. The maximum atomic E-state index is 13.0. The van der Waals surface area contributed by atoms with Crippen LogP contribution in [0.4, 0.5) is 0 Å². The third-order valence-corrected chi connectivity index (χ3v) is 6.33. The van der Waals surface area contributed by atoms with E-state index in [-0.39, 0.29) is 21.2 Å². The molecule has 1 aromatic carbocycles. The molecule has 1 aromatic heterocycles. The van der Waals surface area contributed by atoms with Gasteiger partial charge in [0.05, 0.1) is 23.5 Å². The first-order valence-electron chi connectivity index (χ1n) is 9.40. The maximum Gasteiger partial charge on any atom is 0.336 e. The van der Waals surface area contributed by atoms with Crippen molar-refractivity contribution in [3.8, 4) is 11.5 Å². The summed E-state index contributed by atoms with van der Waals surface area (Å²) in [5, 5.41) is 0.755. The Balaban J connectivity index is 2.19. The van der Waals surface area contributed by atoms with Gasteiger partial charge in [0.2, 0.25) is 0 Å². The van der Waals surface area contributed by atoms with Gasteiger partial charge in [-0.15, -0.1) is 0 Å². The zero-order valence-corrected chi connectivity index (χ0v) is 18.1. The molecule has 0 N–H and O–H groups in total. The topological polar surface area (TPSA) is 65.7 Å². The second-order valence-corrected chi connectivity index (χ2v) is 9.61. The number of rotatable bonds is 2. The van der Waals surface area contributed by atoms with Gasteiger partial charge in [0.15, 0.2) is 11.4 Å². The number of alkyl halides is 1. The molecule has 0 fully saturated rings. The molecule has 0 saturated carbocycles. The fourth-order valence-corrected chi connectivity index (χ4v) is 5.68. The average molecular weight is 482 g/mol. The molecule has 5 nitrogen and oxygen atoms in total. The van der Waals surface area contributed by atoms with E-state index in [1.54, 1.807) is 0 Å². The van der Waals surface area contributed by atoms with Crippen LogP contribution < -0.4 is 15.1 Å². The minimum atomic E-state index is -0.444. The first-order chi connectivity index (χ1) is 12.7. The lowest BCUT2D eigenvalue weighted by molar-refractivity contribution is 0.0802. The number of ether oxygens (including phenoxy) is 2. The minimum Gasteiger partial charge on any atom is -0.491 e. The van der Waals surface area contributed by atoms with Gasteiger partial charge in [0.1, 0.15) is 22.7 Å². The third-order valence-electron chi connectivity index (χ3n) is 5.27. The molecule has 0 amide bonds. The van der Waals surface area contributed by atoms with Crippen LogP contribution in [0.3, 0.4) is 0 Å². The maximum absolute atomic E-state index is 13.0. The monoisotopic (exact) mass is 482 g/mol. The molecule has 144 valence electrons. The van der Waals surface area contributed by atoms with Gasteiger partial charge in [-0.25, -0.2) is 4.79 Å². The molecule has 0 aliphatic carbocycles. The Hall–Kier alpha value is -1.57. The lowest BCUT2D eigenvalue weighted by Gasteiger charge is -2.38. The van der Waals surface area contributed by atoms with Crippen molar-refractivity contribution in [3.05, 3.63) is 33.2 Å². The van der Waals surface area contributed by atoms with Crippen LogP contribution in [0.15, 0.2) is 15.3 Å². The summed E-state index contributed by atoms with van der Waals surface area (Å²) in [5.41, 5.74) is 1.71. The molecule has 6 heteroatoms. The Labute approximate surface area is 171 Å². The van der Waals surface area contributed by atoms with Gasteiger partial charge >= 0.3 is 5.63 Å². The summed E-state index contributed by atoms with van der Waals surface area (Å²) in [4.78, 5) is 25.3. The summed E-state index contributed by atoms with van der Waals surface area (Å²) in [5.74, 6) is 0.933. The van der Waals surface area contributed by atoms with Crippen molar-refractivity contribution in [1.82, 2.24) is 0 Å². The van der Waals surface area contributed by atoms with Crippen LogP contribution in [0.2, 0.25) is 0 Å². The van der Waals surface area contributed by atoms with Gasteiger partial charge in [0.25, 0.3) is 0 Å². The van der Waals surface area contributed by atoms with Crippen molar-refractivity contribution in [2.24, 2.45) is 5.92 Å². The Bertz CT molecular complexity index is 1000. The highest BCUT2D eigenvalue weighted by molar-refractivity contribution is 14.1.